The molecule has 2 aromatic rings. The maximum atomic E-state index is 6.11. The van der Waals surface area contributed by atoms with E-state index in [-0.39, 0.29) is 0 Å². The Balaban J connectivity index is 2.94. The van der Waals surface area contributed by atoms with Crippen LogP contribution < -0.4 is 5.73 Å². The third-order valence-electron chi connectivity index (χ3n) is 2.09. The number of benzene rings is 1. The fourth-order valence-electron chi connectivity index (χ4n) is 1.28. The van der Waals surface area contributed by atoms with Gasteiger partial charge >= 0.3 is 0 Å². The van der Waals surface area contributed by atoms with E-state index in [1.807, 2.05) is 31.2 Å². The number of aromatic nitrogens is 1. The van der Waals surface area contributed by atoms with Crippen LogP contribution >= 0.6 is 11.6 Å². The van der Waals surface area contributed by atoms with Gasteiger partial charge in [0.1, 0.15) is 5.82 Å². The first-order valence-corrected chi connectivity index (χ1v) is 4.38. The topological polar surface area (TPSA) is 38.9 Å². The van der Waals surface area contributed by atoms with E-state index in [0.29, 0.717) is 10.8 Å². The normalized spacial score (nSPS) is 10.6. The average molecular weight is 193 g/mol. The number of nitrogens with zero attached hydrogens (tertiary/aromatic N) is 1. The average Bonchev–Trinajstić information content (AvgIpc) is 2.15. The molecule has 13 heavy (non-hydrogen) atoms. The first kappa shape index (κ1) is 8.32. The lowest BCUT2D eigenvalue weighted by Gasteiger charge is -2.05. The highest BCUT2D eigenvalue weighted by atomic mass is 35.5. The van der Waals surface area contributed by atoms with Crippen LogP contribution in [0, 0.1) is 6.92 Å². The molecule has 0 saturated carbocycles. The second-order valence-electron chi connectivity index (χ2n) is 2.95. The monoisotopic (exact) mass is 192 g/mol. The number of para-hydroxylation sites is 1. The number of pyridine rings is 1. The fraction of sp³-hybridized carbons (Fsp3) is 0.100. The molecule has 0 aliphatic carbocycles. The van der Waals surface area contributed by atoms with Crippen molar-refractivity contribution in [1.29, 1.82) is 0 Å². The molecule has 0 amide bonds. The number of fused-ring (bicyclic) bond motifs is 1. The lowest BCUT2D eigenvalue weighted by atomic mass is 10.1. The van der Waals surface area contributed by atoms with Crippen LogP contribution in [0.1, 0.15) is 5.56 Å². The number of nitrogen functional groups attached to an aromatic ring is 1. The van der Waals surface area contributed by atoms with Crippen LogP contribution in [0.4, 0.5) is 5.82 Å². The van der Waals surface area contributed by atoms with Crippen LogP contribution in [0.2, 0.25) is 5.02 Å². The van der Waals surface area contributed by atoms with Crippen LogP contribution in [0.3, 0.4) is 0 Å². The summed E-state index contributed by atoms with van der Waals surface area (Å²) in [5.74, 6) is 0.503. The van der Waals surface area contributed by atoms with Crippen LogP contribution in [0.25, 0.3) is 10.9 Å². The lowest BCUT2D eigenvalue weighted by molar-refractivity contribution is 1.34. The van der Waals surface area contributed by atoms with Gasteiger partial charge in [-0.15, -0.1) is 0 Å². The van der Waals surface area contributed by atoms with Crippen molar-refractivity contribution in [2.75, 3.05) is 5.73 Å². The fourth-order valence-corrected chi connectivity index (χ4v) is 1.54. The van der Waals surface area contributed by atoms with E-state index in [1.54, 1.807) is 0 Å². The molecule has 0 radical (unpaired) electrons. The molecule has 0 saturated heterocycles. The molecule has 1 aromatic carbocycles. The third kappa shape index (κ3) is 1.23. The quantitative estimate of drug-likeness (QED) is 0.697. The number of hydrogen-bond donors (Lipinski definition) is 1. The Labute approximate surface area is 81.3 Å². The van der Waals surface area contributed by atoms with Crippen molar-refractivity contribution in [2.24, 2.45) is 0 Å². The van der Waals surface area contributed by atoms with E-state index in [9.17, 15) is 0 Å². The number of anilines is 1. The van der Waals surface area contributed by atoms with Gasteiger partial charge in [0.15, 0.2) is 0 Å². The first-order valence-electron chi connectivity index (χ1n) is 4.00. The highest BCUT2D eigenvalue weighted by Crippen LogP contribution is 2.28. The Kier molecular flexibility index (Phi) is 1.85. The number of halogens is 1. The second-order valence-corrected chi connectivity index (χ2v) is 3.33. The van der Waals surface area contributed by atoms with Crippen molar-refractivity contribution in [2.45, 2.75) is 6.92 Å². The minimum Gasteiger partial charge on any atom is -0.383 e. The van der Waals surface area contributed by atoms with Gasteiger partial charge in [0.25, 0.3) is 0 Å². The molecular formula is C10H9ClN2. The molecule has 3 heteroatoms. The maximum Gasteiger partial charge on any atom is 0.128 e. The van der Waals surface area contributed by atoms with Gasteiger partial charge in [0, 0.05) is 10.9 Å². The lowest BCUT2D eigenvalue weighted by Crippen LogP contribution is -1.95. The van der Waals surface area contributed by atoms with Crippen molar-refractivity contribution < 1.29 is 0 Å². The molecule has 1 aromatic heterocycles. The van der Waals surface area contributed by atoms with E-state index in [0.717, 1.165) is 16.5 Å². The Hall–Kier alpha value is -1.28. The summed E-state index contributed by atoms with van der Waals surface area (Å²) in [6.45, 7) is 1.87. The number of rotatable bonds is 0. The zero-order valence-electron chi connectivity index (χ0n) is 7.21. The summed E-state index contributed by atoms with van der Waals surface area (Å²) >= 11 is 6.11. The minimum atomic E-state index is 0.503. The second kappa shape index (κ2) is 2.89. The van der Waals surface area contributed by atoms with Gasteiger partial charge in [0.05, 0.1) is 10.5 Å². The van der Waals surface area contributed by atoms with E-state index in [2.05, 4.69) is 4.98 Å². The molecule has 0 unspecified atom stereocenters. The zero-order chi connectivity index (χ0) is 9.42. The third-order valence-corrected chi connectivity index (χ3v) is 2.58. The Morgan fingerprint density at radius 1 is 1.31 bits per heavy atom. The van der Waals surface area contributed by atoms with Crippen molar-refractivity contribution in [1.82, 2.24) is 4.98 Å². The summed E-state index contributed by atoms with van der Waals surface area (Å²) in [6, 6.07) is 7.69. The molecule has 1 heterocycles. The molecule has 2 nitrogen and oxygen atoms in total. The number of nitrogens with two attached hydrogens (primary N) is 1. The molecule has 0 spiro atoms. The van der Waals surface area contributed by atoms with E-state index in [4.69, 9.17) is 17.3 Å². The van der Waals surface area contributed by atoms with Crippen LogP contribution in [0.5, 0.6) is 0 Å². The predicted octanol–water partition coefficient (Wildman–Crippen LogP) is 2.78. The highest BCUT2D eigenvalue weighted by Gasteiger charge is 2.06. The summed E-state index contributed by atoms with van der Waals surface area (Å²) in [4.78, 5) is 4.23. The summed E-state index contributed by atoms with van der Waals surface area (Å²) in [7, 11) is 0. The molecule has 0 fully saturated rings. The largest absolute Gasteiger partial charge is 0.383 e. The minimum absolute atomic E-state index is 0.503. The smallest absolute Gasteiger partial charge is 0.128 e. The van der Waals surface area contributed by atoms with Crippen LogP contribution in [-0.2, 0) is 0 Å². The van der Waals surface area contributed by atoms with E-state index >= 15 is 0 Å². The summed E-state index contributed by atoms with van der Waals surface area (Å²) in [5, 5.41) is 1.65. The van der Waals surface area contributed by atoms with Crippen LogP contribution in [-0.4, -0.2) is 4.98 Å². The first-order chi connectivity index (χ1) is 6.20. The van der Waals surface area contributed by atoms with Gasteiger partial charge in [-0.3, -0.25) is 0 Å². The molecular weight excluding hydrogens is 184 g/mol. The van der Waals surface area contributed by atoms with Gasteiger partial charge in [-0.05, 0) is 13.0 Å². The molecule has 0 bridgehead atoms. The van der Waals surface area contributed by atoms with Crippen molar-refractivity contribution >= 4 is 28.3 Å². The molecule has 0 aliphatic heterocycles. The molecule has 2 rings (SSSR count). The molecule has 2 N–H and O–H groups in total. The summed E-state index contributed by atoms with van der Waals surface area (Å²) in [5.41, 5.74) is 7.38. The summed E-state index contributed by atoms with van der Waals surface area (Å²) in [6.07, 6.45) is 0. The van der Waals surface area contributed by atoms with Crippen molar-refractivity contribution in [3.05, 3.63) is 34.9 Å². The van der Waals surface area contributed by atoms with Gasteiger partial charge in [0.2, 0.25) is 0 Å². The van der Waals surface area contributed by atoms with Gasteiger partial charge in [-0.25, -0.2) is 4.98 Å². The Morgan fingerprint density at radius 3 is 2.77 bits per heavy atom. The van der Waals surface area contributed by atoms with Crippen LogP contribution in [0.15, 0.2) is 24.3 Å². The predicted molar refractivity (Wildman–Crippen MR) is 55.9 cm³/mol. The highest BCUT2D eigenvalue weighted by molar-refractivity contribution is 6.36. The van der Waals surface area contributed by atoms with Gasteiger partial charge in [-0.2, -0.15) is 0 Å². The van der Waals surface area contributed by atoms with Crippen molar-refractivity contribution in [3.63, 3.8) is 0 Å². The maximum absolute atomic E-state index is 6.11. The van der Waals surface area contributed by atoms with Crippen molar-refractivity contribution in [3.8, 4) is 0 Å². The molecule has 66 valence electrons. The molecule has 0 atom stereocenters. The van der Waals surface area contributed by atoms with E-state index in [1.165, 1.54) is 0 Å². The standard InChI is InChI=1S/C10H9ClN2/c1-6-9(11)7-4-2-3-5-8(7)13-10(6)12/h2-5H,1H3,(H2,12,13). The van der Waals surface area contributed by atoms with Gasteiger partial charge in [-0.1, -0.05) is 29.8 Å². The van der Waals surface area contributed by atoms with Gasteiger partial charge < -0.3 is 5.73 Å². The summed E-state index contributed by atoms with van der Waals surface area (Å²) < 4.78 is 0. The number of hydrogen-bond acceptors (Lipinski definition) is 2. The Bertz CT molecular complexity index is 466. The zero-order valence-corrected chi connectivity index (χ0v) is 7.97. The molecule has 0 aliphatic rings. The van der Waals surface area contributed by atoms with E-state index < -0.39 is 0 Å². The SMILES string of the molecule is Cc1c(N)nc2ccccc2c1Cl. The Morgan fingerprint density at radius 2 is 2.00 bits per heavy atom.